The van der Waals surface area contributed by atoms with E-state index < -0.39 is 11.9 Å². The number of ether oxygens (including phenoxy) is 1. The van der Waals surface area contributed by atoms with Crippen molar-refractivity contribution < 1.29 is 9.53 Å². The zero-order chi connectivity index (χ0) is 14.7. The predicted octanol–water partition coefficient (Wildman–Crippen LogP) is 2.76. The minimum atomic E-state index is -0.437. The van der Waals surface area contributed by atoms with Crippen molar-refractivity contribution in [1.29, 1.82) is 0 Å². The van der Waals surface area contributed by atoms with Gasteiger partial charge in [0.2, 0.25) is 0 Å². The maximum Gasteiger partial charge on any atom is 0.336 e. The second-order valence-corrected chi connectivity index (χ2v) is 5.57. The van der Waals surface area contributed by atoms with Gasteiger partial charge in [-0.3, -0.25) is 5.87 Å². The van der Waals surface area contributed by atoms with Crippen molar-refractivity contribution in [2.45, 2.75) is 19.8 Å². The first-order chi connectivity index (χ1) is 9.60. The average molecular weight is 305 g/mol. The molecule has 1 aliphatic heterocycles. The van der Waals surface area contributed by atoms with Crippen LogP contribution in [-0.2, 0) is 9.53 Å². The van der Waals surface area contributed by atoms with E-state index in [1.54, 1.807) is 13.8 Å². The number of nitrogens with zero attached hydrogens (tertiary/aromatic N) is 1. The van der Waals surface area contributed by atoms with E-state index in [9.17, 15) is 10.2 Å². The highest BCUT2D eigenvalue weighted by molar-refractivity contribution is 7.80. The Hall–Kier alpha value is -1.75. The summed E-state index contributed by atoms with van der Waals surface area (Å²) >= 11 is 6.70. The molecule has 1 aliphatic rings. The standard InChI is InChI=1S/C14H13N2O2S2/c1-3-18-14(17)11-8(2)16-13(19)9(7-15)12(11)10-5-4-6-20-10/h4-6,12H,3H2,1-2H3,(H,16,19)/q-1. The molecule has 1 aromatic heterocycles. The molecular formula is C14H13N2O2S2-. The van der Waals surface area contributed by atoms with Crippen LogP contribution in [0.1, 0.15) is 24.6 Å². The SMILES string of the molecule is CCOC(=O)C1=C(C)NC(=S)C(=C=[N-])C1c1cccs1. The van der Waals surface area contributed by atoms with Crippen LogP contribution in [0.3, 0.4) is 0 Å². The van der Waals surface area contributed by atoms with Crippen LogP contribution in [0, 0.1) is 0 Å². The molecule has 2 heterocycles. The summed E-state index contributed by atoms with van der Waals surface area (Å²) in [7, 11) is 0. The first-order valence-electron chi connectivity index (χ1n) is 6.09. The number of rotatable bonds is 3. The lowest BCUT2D eigenvalue weighted by Gasteiger charge is -2.29. The number of allylic oxidation sites excluding steroid dienone is 1. The van der Waals surface area contributed by atoms with Gasteiger partial charge >= 0.3 is 5.97 Å². The second kappa shape index (κ2) is 6.13. The van der Waals surface area contributed by atoms with E-state index in [1.807, 2.05) is 17.5 Å². The lowest BCUT2D eigenvalue weighted by molar-refractivity contribution is -0.138. The number of hydrogen-bond acceptors (Lipinski definition) is 4. The molecule has 0 radical (unpaired) electrons. The Morgan fingerprint density at radius 2 is 2.40 bits per heavy atom. The van der Waals surface area contributed by atoms with Crippen LogP contribution in [0.5, 0.6) is 0 Å². The fraction of sp³-hybridized carbons (Fsp3) is 0.286. The van der Waals surface area contributed by atoms with Crippen molar-refractivity contribution in [3.63, 3.8) is 0 Å². The lowest BCUT2D eigenvalue weighted by Crippen LogP contribution is -2.35. The van der Waals surface area contributed by atoms with Gasteiger partial charge in [0.1, 0.15) is 4.99 Å². The van der Waals surface area contributed by atoms with Crippen molar-refractivity contribution in [2.24, 2.45) is 0 Å². The zero-order valence-electron chi connectivity index (χ0n) is 11.1. The Balaban J connectivity index is 2.59. The van der Waals surface area contributed by atoms with E-state index in [4.69, 9.17) is 17.0 Å². The molecule has 4 nitrogen and oxygen atoms in total. The Morgan fingerprint density at radius 3 is 2.95 bits per heavy atom. The number of nitrogens with one attached hydrogen (secondary N) is 1. The molecule has 0 aromatic carbocycles. The largest absolute Gasteiger partial charge is 0.763 e. The van der Waals surface area contributed by atoms with Crippen molar-refractivity contribution in [3.05, 3.63) is 44.6 Å². The number of hydrogen-bond donors (Lipinski definition) is 1. The summed E-state index contributed by atoms with van der Waals surface area (Å²) in [5.74, 6) is 1.27. The molecule has 0 spiro atoms. The topological polar surface area (TPSA) is 60.6 Å². The summed E-state index contributed by atoms with van der Waals surface area (Å²) in [5, 5.41) is 14.2. The quantitative estimate of drug-likeness (QED) is 0.404. The summed E-state index contributed by atoms with van der Waals surface area (Å²) in [6.07, 6.45) is 0. The highest BCUT2D eigenvalue weighted by Gasteiger charge is 2.35. The van der Waals surface area contributed by atoms with Crippen molar-refractivity contribution in [1.82, 2.24) is 5.32 Å². The van der Waals surface area contributed by atoms with Crippen LogP contribution in [0.25, 0.3) is 5.41 Å². The molecule has 0 bridgehead atoms. The highest BCUT2D eigenvalue weighted by atomic mass is 32.1. The Morgan fingerprint density at radius 1 is 1.65 bits per heavy atom. The molecule has 104 valence electrons. The van der Waals surface area contributed by atoms with Gasteiger partial charge in [0, 0.05) is 16.1 Å². The number of thiophene rings is 1. The van der Waals surface area contributed by atoms with Gasteiger partial charge < -0.3 is 15.5 Å². The van der Waals surface area contributed by atoms with E-state index in [0.29, 0.717) is 28.4 Å². The number of thiocarbonyl (C=S) groups is 1. The monoisotopic (exact) mass is 305 g/mol. The third kappa shape index (κ3) is 2.58. The van der Waals surface area contributed by atoms with Gasteiger partial charge in [0.15, 0.2) is 0 Å². The molecule has 1 N–H and O–H groups in total. The first-order valence-corrected chi connectivity index (χ1v) is 7.38. The van der Waals surface area contributed by atoms with Gasteiger partial charge in [-0.25, -0.2) is 4.79 Å². The third-order valence-electron chi connectivity index (χ3n) is 2.97. The minimum Gasteiger partial charge on any atom is -0.763 e. The summed E-state index contributed by atoms with van der Waals surface area (Å²) in [6.45, 7) is 3.82. The Kier molecular flexibility index (Phi) is 4.49. The molecule has 1 aromatic rings. The zero-order valence-corrected chi connectivity index (χ0v) is 12.7. The highest BCUT2D eigenvalue weighted by Crippen LogP contribution is 2.38. The number of carbonyl (C=O) groups excluding carboxylic acids is 1. The van der Waals surface area contributed by atoms with Gasteiger partial charge in [0.05, 0.1) is 18.1 Å². The molecule has 1 atom stereocenters. The lowest BCUT2D eigenvalue weighted by atomic mass is 9.86. The Bertz CT molecular complexity index is 626. The van der Waals surface area contributed by atoms with E-state index in [2.05, 4.69) is 11.2 Å². The predicted molar refractivity (Wildman–Crippen MR) is 84.0 cm³/mol. The molecule has 1 unspecified atom stereocenters. The van der Waals surface area contributed by atoms with Crippen LogP contribution in [0.4, 0.5) is 0 Å². The molecule has 2 rings (SSSR count). The van der Waals surface area contributed by atoms with Crippen LogP contribution in [0.2, 0.25) is 0 Å². The van der Waals surface area contributed by atoms with Gasteiger partial charge in [-0.2, -0.15) is 0 Å². The van der Waals surface area contributed by atoms with Gasteiger partial charge in [-0.05, 0) is 25.3 Å². The van der Waals surface area contributed by atoms with Crippen LogP contribution in [-0.4, -0.2) is 23.4 Å². The van der Waals surface area contributed by atoms with Crippen molar-refractivity contribution in [2.75, 3.05) is 6.61 Å². The maximum atomic E-state index is 12.2. The van der Waals surface area contributed by atoms with Gasteiger partial charge in [-0.15, -0.1) is 11.3 Å². The van der Waals surface area contributed by atoms with E-state index in [-0.39, 0.29) is 0 Å². The third-order valence-corrected chi connectivity index (χ3v) is 4.23. The van der Waals surface area contributed by atoms with Crippen molar-refractivity contribution >= 4 is 40.4 Å². The van der Waals surface area contributed by atoms with Crippen LogP contribution >= 0.6 is 23.6 Å². The fourth-order valence-corrected chi connectivity index (χ4v) is 3.29. The van der Waals surface area contributed by atoms with Crippen molar-refractivity contribution in [3.8, 4) is 0 Å². The summed E-state index contributed by atoms with van der Waals surface area (Å²) in [4.78, 5) is 13.5. The van der Waals surface area contributed by atoms with Gasteiger partial charge in [0.25, 0.3) is 0 Å². The smallest absolute Gasteiger partial charge is 0.336 e. The summed E-state index contributed by atoms with van der Waals surface area (Å²) in [5.41, 5.74) is 1.49. The van der Waals surface area contributed by atoms with E-state index >= 15 is 0 Å². The number of carbonyl (C=O) groups is 1. The molecule has 0 amide bonds. The van der Waals surface area contributed by atoms with E-state index in [0.717, 1.165) is 4.88 Å². The summed E-state index contributed by atoms with van der Waals surface area (Å²) in [6, 6.07) is 3.78. The van der Waals surface area contributed by atoms with Crippen LogP contribution in [0.15, 0.2) is 34.4 Å². The molecule has 6 heteroatoms. The second-order valence-electron chi connectivity index (χ2n) is 4.19. The number of esters is 1. The molecule has 0 saturated heterocycles. The minimum absolute atomic E-state index is 0.291. The normalized spacial score (nSPS) is 18.6. The molecular weight excluding hydrogens is 292 g/mol. The average Bonchev–Trinajstić information content (AvgIpc) is 2.91. The van der Waals surface area contributed by atoms with E-state index in [1.165, 1.54) is 11.3 Å². The molecule has 0 saturated carbocycles. The summed E-state index contributed by atoms with van der Waals surface area (Å²) < 4.78 is 5.11. The molecule has 0 fully saturated rings. The maximum absolute atomic E-state index is 12.2. The van der Waals surface area contributed by atoms with Gasteiger partial charge in [-0.1, -0.05) is 18.3 Å². The Labute approximate surface area is 126 Å². The molecule has 20 heavy (non-hydrogen) atoms. The van der Waals surface area contributed by atoms with Crippen LogP contribution < -0.4 is 5.32 Å². The molecule has 0 aliphatic carbocycles. The first kappa shape index (κ1) is 14.7. The fourth-order valence-electron chi connectivity index (χ4n) is 2.13.